The van der Waals surface area contributed by atoms with Gasteiger partial charge in [-0.15, -0.1) is 21.5 Å². The maximum Gasteiger partial charge on any atom is 0.210 e. The van der Waals surface area contributed by atoms with E-state index in [1.807, 2.05) is 15.4 Å². The van der Waals surface area contributed by atoms with Gasteiger partial charge in [0.1, 0.15) is 0 Å². The molecule has 0 unspecified atom stereocenters. The number of nitrogens with zero attached hydrogens (tertiary/aromatic N) is 8. The molecule has 0 N–H and O–H groups in total. The van der Waals surface area contributed by atoms with Crippen molar-refractivity contribution in [3.05, 3.63) is 28.2 Å². The minimum absolute atomic E-state index is 0.484. The van der Waals surface area contributed by atoms with Gasteiger partial charge in [-0.25, -0.2) is 9.36 Å². The molecule has 4 rings (SSSR count). The summed E-state index contributed by atoms with van der Waals surface area (Å²) < 4.78 is 3.72. The van der Waals surface area contributed by atoms with Crippen LogP contribution in [0, 0.1) is 0 Å². The number of rotatable bonds is 6. The number of hydrogen-bond acceptors (Lipinski definition) is 8. The van der Waals surface area contributed by atoms with Crippen LogP contribution < -0.4 is 0 Å². The van der Waals surface area contributed by atoms with Crippen LogP contribution in [0.15, 0.2) is 22.7 Å². The fourth-order valence-corrected chi connectivity index (χ4v) is 3.47. The molecule has 1 saturated carbocycles. The highest BCUT2D eigenvalue weighted by Crippen LogP contribution is 2.35. The second-order valence-corrected chi connectivity index (χ2v) is 6.73. The van der Waals surface area contributed by atoms with Gasteiger partial charge in [-0.05, 0) is 45.1 Å². The minimum Gasteiger partial charge on any atom is -0.226 e. The zero-order chi connectivity index (χ0) is 14.1. The summed E-state index contributed by atoms with van der Waals surface area (Å²) in [5.41, 5.74) is 0. The van der Waals surface area contributed by atoms with Gasteiger partial charge in [-0.2, -0.15) is 0 Å². The second-order valence-electron chi connectivity index (χ2n) is 4.76. The van der Waals surface area contributed by atoms with Crippen LogP contribution in [-0.2, 0) is 12.3 Å². The molecule has 3 aromatic rings. The van der Waals surface area contributed by atoms with Gasteiger partial charge in [0.15, 0.2) is 5.82 Å². The summed E-state index contributed by atoms with van der Waals surface area (Å²) >= 11 is 3.26. The second kappa shape index (κ2) is 5.53. The van der Waals surface area contributed by atoms with Gasteiger partial charge in [0.25, 0.3) is 0 Å². The van der Waals surface area contributed by atoms with Crippen molar-refractivity contribution in [1.29, 1.82) is 0 Å². The van der Waals surface area contributed by atoms with Gasteiger partial charge >= 0.3 is 0 Å². The van der Waals surface area contributed by atoms with Crippen LogP contribution in [-0.4, -0.2) is 40.4 Å². The Kier molecular flexibility index (Phi) is 3.39. The van der Waals surface area contributed by atoms with Crippen LogP contribution in [0.4, 0.5) is 0 Å². The van der Waals surface area contributed by atoms with E-state index in [1.165, 1.54) is 17.7 Å². The Labute approximate surface area is 128 Å². The Bertz CT molecular complexity index is 714. The standard InChI is InChI=1S/C11H12N8S2/c1-2-9(20-5-1)6-18-11(13-15-16-18)21-7-10-12-14-17-19(10)8-3-4-8/h1-2,5,8H,3-4,6-7H2. The highest BCUT2D eigenvalue weighted by atomic mass is 32.2. The van der Waals surface area contributed by atoms with Crippen LogP contribution in [0.1, 0.15) is 29.6 Å². The molecule has 0 spiro atoms. The Balaban J connectivity index is 1.45. The molecule has 3 aromatic heterocycles. The molecule has 1 aliphatic rings. The summed E-state index contributed by atoms with van der Waals surface area (Å²) in [4.78, 5) is 1.23. The predicted octanol–water partition coefficient (Wildman–Crippen LogP) is 1.40. The highest BCUT2D eigenvalue weighted by Gasteiger charge is 2.27. The van der Waals surface area contributed by atoms with Crippen LogP contribution in [0.3, 0.4) is 0 Å². The fourth-order valence-electron chi connectivity index (χ4n) is 1.99. The third kappa shape index (κ3) is 2.81. The van der Waals surface area contributed by atoms with Crippen molar-refractivity contribution >= 4 is 23.1 Å². The van der Waals surface area contributed by atoms with Gasteiger partial charge in [-0.3, -0.25) is 0 Å². The van der Waals surface area contributed by atoms with E-state index in [0.717, 1.165) is 11.0 Å². The predicted molar refractivity (Wildman–Crippen MR) is 76.9 cm³/mol. The molecule has 0 bridgehead atoms. The summed E-state index contributed by atoms with van der Waals surface area (Å²) in [6.07, 6.45) is 2.33. The Morgan fingerprint density at radius 3 is 2.95 bits per heavy atom. The fraction of sp³-hybridized carbons (Fsp3) is 0.455. The summed E-state index contributed by atoms with van der Waals surface area (Å²) in [6, 6.07) is 4.59. The van der Waals surface area contributed by atoms with Crippen LogP contribution in [0.25, 0.3) is 0 Å². The highest BCUT2D eigenvalue weighted by molar-refractivity contribution is 7.98. The molecule has 108 valence electrons. The zero-order valence-corrected chi connectivity index (χ0v) is 12.7. The van der Waals surface area contributed by atoms with E-state index in [2.05, 4.69) is 42.5 Å². The van der Waals surface area contributed by atoms with Crippen molar-refractivity contribution in [1.82, 2.24) is 40.4 Å². The molecule has 0 atom stereocenters. The van der Waals surface area contributed by atoms with E-state index in [-0.39, 0.29) is 0 Å². The third-order valence-corrected chi connectivity index (χ3v) is 4.98. The van der Waals surface area contributed by atoms with Crippen molar-refractivity contribution in [2.45, 2.75) is 36.3 Å². The number of hydrogen-bond donors (Lipinski definition) is 0. The summed E-state index contributed by atoms with van der Waals surface area (Å²) in [5.74, 6) is 1.56. The lowest BCUT2D eigenvalue weighted by Gasteiger charge is -2.03. The zero-order valence-electron chi connectivity index (χ0n) is 11.0. The van der Waals surface area contributed by atoms with Crippen LogP contribution in [0.5, 0.6) is 0 Å². The summed E-state index contributed by atoms with van der Waals surface area (Å²) in [5, 5.41) is 26.6. The van der Waals surface area contributed by atoms with E-state index in [9.17, 15) is 0 Å². The smallest absolute Gasteiger partial charge is 0.210 e. The lowest BCUT2D eigenvalue weighted by atomic mass is 10.5. The van der Waals surface area contributed by atoms with Gasteiger partial charge in [0.2, 0.25) is 5.16 Å². The van der Waals surface area contributed by atoms with Gasteiger partial charge < -0.3 is 0 Å². The van der Waals surface area contributed by atoms with E-state index in [1.54, 1.807) is 23.1 Å². The summed E-state index contributed by atoms with van der Waals surface area (Å²) in [6.45, 7) is 0.695. The molecular formula is C11H12N8S2. The Morgan fingerprint density at radius 2 is 2.14 bits per heavy atom. The molecule has 0 aliphatic heterocycles. The maximum atomic E-state index is 4.09. The Morgan fingerprint density at radius 1 is 1.24 bits per heavy atom. The molecule has 10 heteroatoms. The van der Waals surface area contributed by atoms with Crippen LogP contribution in [0.2, 0.25) is 0 Å². The molecule has 1 fully saturated rings. The average molecular weight is 320 g/mol. The number of tetrazole rings is 2. The first kappa shape index (κ1) is 12.9. The first-order valence-corrected chi connectivity index (χ1v) is 8.45. The monoisotopic (exact) mass is 320 g/mol. The van der Waals surface area contributed by atoms with Crippen molar-refractivity contribution in [3.63, 3.8) is 0 Å². The SMILES string of the molecule is c1csc(Cn2nnnc2SCc2nnnn2C2CC2)c1. The lowest BCUT2D eigenvalue weighted by molar-refractivity contribution is 0.591. The third-order valence-electron chi connectivity index (χ3n) is 3.17. The van der Waals surface area contributed by atoms with Crippen LogP contribution >= 0.6 is 23.1 Å². The minimum atomic E-state index is 0.484. The van der Waals surface area contributed by atoms with Crippen molar-refractivity contribution in [3.8, 4) is 0 Å². The first-order chi connectivity index (χ1) is 10.4. The topological polar surface area (TPSA) is 87.2 Å². The molecule has 0 radical (unpaired) electrons. The maximum absolute atomic E-state index is 4.09. The Hall–Kier alpha value is -1.81. The number of aromatic nitrogens is 8. The van der Waals surface area contributed by atoms with Crippen molar-refractivity contribution < 1.29 is 0 Å². The van der Waals surface area contributed by atoms with Crippen molar-refractivity contribution in [2.24, 2.45) is 0 Å². The van der Waals surface area contributed by atoms with E-state index >= 15 is 0 Å². The van der Waals surface area contributed by atoms with Gasteiger partial charge in [-0.1, -0.05) is 17.8 Å². The molecule has 8 nitrogen and oxygen atoms in total. The molecule has 21 heavy (non-hydrogen) atoms. The van der Waals surface area contributed by atoms with E-state index < -0.39 is 0 Å². The number of thiophene rings is 1. The molecule has 3 heterocycles. The summed E-state index contributed by atoms with van der Waals surface area (Å²) in [7, 11) is 0. The number of thioether (sulfide) groups is 1. The average Bonchev–Trinajstić information content (AvgIpc) is 2.94. The largest absolute Gasteiger partial charge is 0.226 e. The van der Waals surface area contributed by atoms with Gasteiger partial charge in [0, 0.05) is 4.88 Å². The molecule has 0 saturated heterocycles. The lowest BCUT2D eigenvalue weighted by Crippen LogP contribution is -2.05. The van der Waals surface area contributed by atoms with Crippen molar-refractivity contribution in [2.75, 3.05) is 0 Å². The quantitative estimate of drug-likeness (QED) is 0.634. The van der Waals surface area contributed by atoms with E-state index in [4.69, 9.17) is 0 Å². The van der Waals surface area contributed by atoms with Gasteiger partial charge in [0.05, 0.1) is 18.3 Å². The first-order valence-electron chi connectivity index (χ1n) is 6.58. The molecule has 1 aliphatic carbocycles. The molecular weight excluding hydrogens is 308 g/mol. The molecule has 0 amide bonds. The van der Waals surface area contributed by atoms with E-state index in [0.29, 0.717) is 18.3 Å². The molecule has 0 aromatic carbocycles. The normalized spacial score (nSPS) is 14.7.